The molecular weight excluding hydrogens is 356 g/mol. The Kier molecular flexibility index (Phi) is 5.78. The summed E-state index contributed by atoms with van der Waals surface area (Å²) >= 11 is 9.16. The van der Waals surface area contributed by atoms with Crippen LogP contribution in [-0.2, 0) is 4.79 Å². The zero-order valence-corrected chi connectivity index (χ0v) is 13.3. The Labute approximate surface area is 135 Å². The number of halogens is 2. The van der Waals surface area contributed by atoms with Crippen molar-refractivity contribution in [2.24, 2.45) is 5.10 Å². The Morgan fingerprint density at radius 1 is 1.29 bits per heavy atom. The maximum Gasteiger partial charge on any atom is 0.277 e. The smallest absolute Gasteiger partial charge is 0.277 e. The van der Waals surface area contributed by atoms with E-state index in [4.69, 9.17) is 16.3 Å². The molecule has 0 aliphatic carbocycles. The molecule has 0 fully saturated rings. The van der Waals surface area contributed by atoms with E-state index in [1.807, 2.05) is 24.3 Å². The summed E-state index contributed by atoms with van der Waals surface area (Å²) < 4.78 is 6.28. The summed E-state index contributed by atoms with van der Waals surface area (Å²) in [6, 6.07) is 14.4. The van der Waals surface area contributed by atoms with Gasteiger partial charge in [0.2, 0.25) is 0 Å². The molecule has 0 bridgehead atoms. The molecule has 0 saturated carbocycles. The average molecular weight is 368 g/mol. The molecule has 0 aliphatic rings. The van der Waals surface area contributed by atoms with Gasteiger partial charge in [0.15, 0.2) is 6.61 Å². The molecule has 108 valence electrons. The Hall–Kier alpha value is -1.85. The van der Waals surface area contributed by atoms with E-state index in [0.29, 0.717) is 10.8 Å². The molecule has 1 N–H and O–H groups in total. The molecule has 0 radical (unpaired) electrons. The summed E-state index contributed by atoms with van der Waals surface area (Å²) in [5.74, 6) is 0.192. The number of benzene rings is 2. The van der Waals surface area contributed by atoms with Crippen LogP contribution in [0.1, 0.15) is 5.56 Å². The van der Waals surface area contributed by atoms with Crippen molar-refractivity contribution in [1.82, 2.24) is 5.43 Å². The number of hydrogen-bond donors (Lipinski definition) is 1. The summed E-state index contributed by atoms with van der Waals surface area (Å²) in [5, 5.41) is 4.41. The van der Waals surface area contributed by atoms with Gasteiger partial charge in [-0.2, -0.15) is 5.10 Å². The molecule has 0 heterocycles. The van der Waals surface area contributed by atoms with E-state index < -0.39 is 0 Å². The van der Waals surface area contributed by atoms with Crippen LogP contribution < -0.4 is 10.2 Å². The Morgan fingerprint density at radius 3 is 2.76 bits per heavy atom. The van der Waals surface area contributed by atoms with E-state index in [-0.39, 0.29) is 12.5 Å². The topological polar surface area (TPSA) is 50.7 Å². The van der Waals surface area contributed by atoms with Gasteiger partial charge in [-0.05, 0) is 35.9 Å². The van der Waals surface area contributed by atoms with Crippen LogP contribution in [0.2, 0.25) is 5.02 Å². The molecule has 4 nitrogen and oxygen atoms in total. The Bertz CT molecular complexity index is 644. The number of ether oxygens (including phenoxy) is 1. The molecule has 2 aromatic rings. The molecule has 21 heavy (non-hydrogen) atoms. The van der Waals surface area contributed by atoms with Crippen LogP contribution in [0.15, 0.2) is 58.1 Å². The van der Waals surface area contributed by atoms with Gasteiger partial charge in [0.25, 0.3) is 5.91 Å². The minimum absolute atomic E-state index is 0.127. The molecule has 0 aliphatic heterocycles. The van der Waals surface area contributed by atoms with E-state index in [1.165, 1.54) is 0 Å². The van der Waals surface area contributed by atoms with E-state index in [0.717, 1.165) is 10.0 Å². The number of nitrogens with zero attached hydrogens (tertiary/aromatic N) is 1. The fourth-order valence-electron chi connectivity index (χ4n) is 1.47. The van der Waals surface area contributed by atoms with Crippen LogP contribution in [-0.4, -0.2) is 18.7 Å². The van der Waals surface area contributed by atoms with Crippen molar-refractivity contribution in [2.75, 3.05) is 6.61 Å². The second-order valence-corrected chi connectivity index (χ2v) is 5.44. The first kappa shape index (κ1) is 15.5. The van der Waals surface area contributed by atoms with Crippen molar-refractivity contribution in [3.63, 3.8) is 0 Å². The van der Waals surface area contributed by atoms with Gasteiger partial charge in [0, 0.05) is 9.50 Å². The number of carbonyl (C=O) groups excluding carboxylic acids is 1. The largest absolute Gasteiger partial charge is 0.484 e. The quantitative estimate of drug-likeness (QED) is 0.648. The summed E-state index contributed by atoms with van der Waals surface area (Å²) in [4.78, 5) is 11.6. The first-order chi connectivity index (χ1) is 10.1. The van der Waals surface area contributed by atoms with E-state index in [1.54, 1.807) is 30.5 Å². The molecule has 0 aromatic heterocycles. The fourth-order valence-corrected chi connectivity index (χ4v) is 1.91. The molecule has 6 heteroatoms. The number of hydrogen-bond acceptors (Lipinski definition) is 3. The maximum absolute atomic E-state index is 11.6. The molecule has 0 spiro atoms. The summed E-state index contributed by atoms with van der Waals surface area (Å²) in [7, 11) is 0. The van der Waals surface area contributed by atoms with Crippen molar-refractivity contribution in [1.29, 1.82) is 0 Å². The molecule has 0 atom stereocenters. The predicted molar refractivity (Wildman–Crippen MR) is 86.8 cm³/mol. The molecule has 0 saturated heterocycles. The first-order valence-electron chi connectivity index (χ1n) is 6.09. The van der Waals surface area contributed by atoms with Crippen molar-refractivity contribution in [2.45, 2.75) is 0 Å². The van der Waals surface area contributed by atoms with Gasteiger partial charge in [-0.1, -0.05) is 45.7 Å². The lowest BCUT2D eigenvalue weighted by Crippen LogP contribution is -2.24. The first-order valence-corrected chi connectivity index (χ1v) is 7.26. The molecule has 2 aromatic carbocycles. The minimum atomic E-state index is -0.344. The highest BCUT2D eigenvalue weighted by Crippen LogP contribution is 2.16. The number of rotatable bonds is 5. The third kappa shape index (κ3) is 5.57. The third-order valence-electron chi connectivity index (χ3n) is 2.44. The van der Waals surface area contributed by atoms with Gasteiger partial charge in [-0.25, -0.2) is 5.43 Å². The van der Waals surface area contributed by atoms with Crippen LogP contribution in [0.4, 0.5) is 0 Å². The van der Waals surface area contributed by atoms with E-state index in [9.17, 15) is 4.79 Å². The molecular formula is C15H12BrClN2O2. The summed E-state index contributed by atoms with van der Waals surface area (Å²) in [6.07, 6.45) is 1.56. The van der Waals surface area contributed by atoms with Gasteiger partial charge in [0.1, 0.15) is 5.75 Å². The highest BCUT2D eigenvalue weighted by atomic mass is 79.9. The lowest BCUT2D eigenvalue weighted by atomic mass is 10.2. The van der Waals surface area contributed by atoms with Gasteiger partial charge in [-0.15, -0.1) is 0 Å². The van der Waals surface area contributed by atoms with Crippen LogP contribution in [0.25, 0.3) is 0 Å². The maximum atomic E-state index is 11.6. The van der Waals surface area contributed by atoms with Crippen molar-refractivity contribution >= 4 is 39.7 Å². The van der Waals surface area contributed by atoms with Crippen molar-refractivity contribution in [3.8, 4) is 5.75 Å². The van der Waals surface area contributed by atoms with Crippen LogP contribution in [0, 0.1) is 0 Å². The average Bonchev–Trinajstić information content (AvgIpc) is 2.47. The van der Waals surface area contributed by atoms with E-state index >= 15 is 0 Å². The zero-order chi connectivity index (χ0) is 15.1. The zero-order valence-electron chi connectivity index (χ0n) is 10.9. The number of amides is 1. The summed E-state index contributed by atoms with van der Waals surface area (Å²) in [5.41, 5.74) is 3.27. The second-order valence-electron chi connectivity index (χ2n) is 4.09. The predicted octanol–water partition coefficient (Wildman–Crippen LogP) is 3.63. The molecule has 2 rings (SSSR count). The monoisotopic (exact) mass is 366 g/mol. The highest BCUT2D eigenvalue weighted by Gasteiger charge is 2.01. The summed E-state index contributed by atoms with van der Waals surface area (Å²) in [6.45, 7) is -0.127. The lowest BCUT2D eigenvalue weighted by Gasteiger charge is -2.04. The SMILES string of the molecule is O=C(COc1cccc(Cl)c1)N/N=C\c1ccc(Br)cc1. The van der Waals surface area contributed by atoms with Crippen molar-refractivity contribution in [3.05, 3.63) is 63.6 Å². The van der Waals surface area contributed by atoms with Gasteiger partial charge < -0.3 is 4.74 Å². The Balaban J connectivity index is 1.78. The van der Waals surface area contributed by atoms with E-state index in [2.05, 4.69) is 26.5 Å². The fraction of sp³-hybridized carbons (Fsp3) is 0.0667. The van der Waals surface area contributed by atoms with Crippen LogP contribution in [0.3, 0.4) is 0 Å². The molecule has 1 amide bonds. The normalized spacial score (nSPS) is 10.6. The lowest BCUT2D eigenvalue weighted by molar-refractivity contribution is -0.123. The van der Waals surface area contributed by atoms with Gasteiger partial charge >= 0.3 is 0 Å². The van der Waals surface area contributed by atoms with Crippen LogP contribution >= 0.6 is 27.5 Å². The van der Waals surface area contributed by atoms with Gasteiger partial charge in [-0.3, -0.25) is 4.79 Å². The van der Waals surface area contributed by atoms with Crippen molar-refractivity contribution < 1.29 is 9.53 Å². The number of nitrogens with one attached hydrogen (secondary N) is 1. The van der Waals surface area contributed by atoms with Gasteiger partial charge in [0.05, 0.1) is 6.21 Å². The van der Waals surface area contributed by atoms with Crippen LogP contribution in [0.5, 0.6) is 5.75 Å². The third-order valence-corrected chi connectivity index (χ3v) is 3.20. The minimum Gasteiger partial charge on any atom is -0.484 e. The Morgan fingerprint density at radius 2 is 2.05 bits per heavy atom. The highest BCUT2D eigenvalue weighted by molar-refractivity contribution is 9.10. The molecule has 0 unspecified atom stereocenters. The number of carbonyl (C=O) groups is 1. The standard InChI is InChI=1S/C15H12BrClN2O2/c16-12-6-4-11(5-7-12)9-18-19-15(20)10-21-14-3-1-2-13(17)8-14/h1-9H,10H2,(H,19,20)/b18-9-. The number of hydrazone groups is 1. The second kappa shape index (κ2) is 7.81.